The molecule has 2 saturated heterocycles. The summed E-state index contributed by atoms with van der Waals surface area (Å²) in [4.78, 5) is 0. The van der Waals surface area contributed by atoms with Crippen LogP contribution in [0.1, 0.15) is 39.5 Å². The zero-order valence-electron chi connectivity index (χ0n) is 7.30. The molecule has 0 amide bonds. The van der Waals surface area contributed by atoms with E-state index in [4.69, 9.17) is 9.47 Å². The molecule has 0 bridgehead atoms. The third-order valence-electron chi connectivity index (χ3n) is 2.54. The van der Waals surface area contributed by atoms with E-state index < -0.39 is 0 Å². The quantitative estimate of drug-likeness (QED) is 0.582. The highest BCUT2D eigenvalue weighted by molar-refractivity contribution is 5.11. The third-order valence-corrected chi connectivity index (χ3v) is 2.54. The highest BCUT2D eigenvalue weighted by Gasteiger charge is 2.75. The van der Waals surface area contributed by atoms with Gasteiger partial charge in [0.05, 0.1) is 0 Å². The summed E-state index contributed by atoms with van der Waals surface area (Å²) in [5, 5.41) is 0. The maximum Gasteiger partial charge on any atom is 0.223 e. The minimum atomic E-state index is -0.0635. The molecule has 0 saturated carbocycles. The van der Waals surface area contributed by atoms with Crippen molar-refractivity contribution in [3.63, 3.8) is 0 Å². The molecule has 1 spiro atoms. The van der Waals surface area contributed by atoms with Gasteiger partial charge in [-0.25, -0.2) is 0 Å². The summed E-state index contributed by atoms with van der Waals surface area (Å²) in [6.07, 6.45) is 5.61. The molecule has 64 valence electrons. The smallest absolute Gasteiger partial charge is 0.223 e. The van der Waals surface area contributed by atoms with Crippen molar-refractivity contribution in [3.05, 3.63) is 0 Å². The summed E-state index contributed by atoms with van der Waals surface area (Å²) in [6, 6.07) is 0. The summed E-state index contributed by atoms with van der Waals surface area (Å²) < 4.78 is 11.0. The van der Waals surface area contributed by atoms with Crippen LogP contribution in [0.5, 0.6) is 0 Å². The molecule has 2 fully saturated rings. The van der Waals surface area contributed by atoms with E-state index in [0.717, 1.165) is 0 Å². The van der Waals surface area contributed by atoms with Crippen LogP contribution in [0.3, 0.4) is 0 Å². The lowest BCUT2D eigenvalue weighted by Crippen LogP contribution is -1.99. The Morgan fingerprint density at radius 2 is 1.45 bits per heavy atom. The van der Waals surface area contributed by atoms with E-state index in [2.05, 4.69) is 13.8 Å². The standard InChI is InChI=1S/C9H16O2/c1-3-5-7-9(10-7)8(11-9)6-4-2/h7-8H,3-6H2,1-2H3. The molecule has 2 heteroatoms. The molecule has 2 nitrogen and oxygen atoms in total. The van der Waals surface area contributed by atoms with Crippen molar-refractivity contribution in [3.8, 4) is 0 Å². The lowest BCUT2D eigenvalue weighted by molar-refractivity contribution is 0.246. The molecule has 2 rings (SSSR count). The lowest BCUT2D eigenvalue weighted by atomic mass is 10.1. The molecule has 2 aliphatic rings. The first kappa shape index (κ1) is 7.56. The van der Waals surface area contributed by atoms with Crippen LogP contribution in [0.2, 0.25) is 0 Å². The average molecular weight is 156 g/mol. The molecule has 0 aliphatic carbocycles. The molecule has 0 aromatic rings. The fourth-order valence-electron chi connectivity index (χ4n) is 1.81. The first-order chi connectivity index (χ1) is 5.33. The first-order valence-electron chi connectivity index (χ1n) is 4.69. The minimum Gasteiger partial charge on any atom is -0.336 e. The van der Waals surface area contributed by atoms with Crippen molar-refractivity contribution >= 4 is 0 Å². The van der Waals surface area contributed by atoms with Gasteiger partial charge in [-0.05, 0) is 12.8 Å². The maximum absolute atomic E-state index is 5.50. The lowest BCUT2D eigenvalue weighted by Gasteiger charge is -1.84. The second-order valence-corrected chi connectivity index (χ2v) is 3.51. The van der Waals surface area contributed by atoms with Crippen LogP contribution >= 0.6 is 0 Å². The molecule has 2 aliphatic heterocycles. The van der Waals surface area contributed by atoms with Gasteiger partial charge in [-0.1, -0.05) is 26.7 Å². The monoisotopic (exact) mass is 156 g/mol. The molecule has 0 aromatic carbocycles. The Bertz CT molecular complexity index is 138. The van der Waals surface area contributed by atoms with E-state index in [9.17, 15) is 0 Å². The number of hydrogen-bond donors (Lipinski definition) is 0. The largest absolute Gasteiger partial charge is 0.336 e. The van der Waals surface area contributed by atoms with Crippen LogP contribution in [0.25, 0.3) is 0 Å². The van der Waals surface area contributed by atoms with Crippen molar-refractivity contribution in [2.45, 2.75) is 57.5 Å². The van der Waals surface area contributed by atoms with Crippen molar-refractivity contribution in [1.29, 1.82) is 0 Å². The van der Waals surface area contributed by atoms with Gasteiger partial charge in [-0.2, -0.15) is 0 Å². The van der Waals surface area contributed by atoms with Crippen LogP contribution in [-0.2, 0) is 9.47 Å². The van der Waals surface area contributed by atoms with Gasteiger partial charge in [0.2, 0.25) is 5.79 Å². The number of ether oxygens (including phenoxy) is 2. The average Bonchev–Trinajstić information content (AvgIpc) is 2.80. The van der Waals surface area contributed by atoms with E-state index >= 15 is 0 Å². The Morgan fingerprint density at radius 3 is 1.82 bits per heavy atom. The van der Waals surface area contributed by atoms with Gasteiger partial charge in [-0.15, -0.1) is 0 Å². The number of rotatable bonds is 4. The van der Waals surface area contributed by atoms with Crippen molar-refractivity contribution in [2.24, 2.45) is 0 Å². The molecule has 11 heavy (non-hydrogen) atoms. The minimum absolute atomic E-state index is 0.0635. The Kier molecular flexibility index (Phi) is 1.69. The highest BCUT2D eigenvalue weighted by atomic mass is 16.9. The van der Waals surface area contributed by atoms with E-state index in [1.165, 1.54) is 25.7 Å². The van der Waals surface area contributed by atoms with Crippen LogP contribution in [-0.4, -0.2) is 18.0 Å². The summed E-state index contributed by atoms with van der Waals surface area (Å²) in [7, 11) is 0. The fraction of sp³-hybridized carbons (Fsp3) is 1.00. The second-order valence-electron chi connectivity index (χ2n) is 3.51. The maximum atomic E-state index is 5.50. The summed E-state index contributed by atoms with van der Waals surface area (Å²) in [5.74, 6) is -0.0635. The van der Waals surface area contributed by atoms with Gasteiger partial charge in [0.25, 0.3) is 0 Å². The number of hydrogen-bond acceptors (Lipinski definition) is 2. The van der Waals surface area contributed by atoms with Crippen LogP contribution in [0, 0.1) is 0 Å². The van der Waals surface area contributed by atoms with Gasteiger partial charge in [-0.3, -0.25) is 0 Å². The zero-order valence-corrected chi connectivity index (χ0v) is 7.30. The van der Waals surface area contributed by atoms with E-state index in [1.54, 1.807) is 0 Å². The summed E-state index contributed by atoms with van der Waals surface area (Å²) in [5.41, 5.74) is 0. The zero-order chi connectivity index (χ0) is 7.90. The highest BCUT2D eigenvalue weighted by Crippen LogP contribution is 2.58. The molecule has 0 N–H and O–H groups in total. The van der Waals surface area contributed by atoms with E-state index in [1.807, 2.05) is 0 Å². The second kappa shape index (κ2) is 2.46. The fourth-order valence-corrected chi connectivity index (χ4v) is 1.81. The molecular formula is C9H16O2. The Morgan fingerprint density at radius 1 is 1.00 bits per heavy atom. The summed E-state index contributed by atoms with van der Waals surface area (Å²) in [6.45, 7) is 4.37. The molecule has 2 heterocycles. The topological polar surface area (TPSA) is 25.1 Å². The predicted molar refractivity (Wildman–Crippen MR) is 42.3 cm³/mol. The SMILES string of the molecule is CCCC1OC12OC2CCC. The van der Waals surface area contributed by atoms with Crippen molar-refractivity contribution in [1.82, 2.24) is 0 Å². The van der Waals surface area contributed by atoms with Gasteiger partial charge in [0.15, 0.2) is 0 Å². The third kappa shape index (κ3) is 1.09. The summed E-state index contributed by atoms with van der Waals surface area (Å²) >= 11 is 0. The van der Waals surface area contributed by atoms with Gasteiger partial charge in [0.1, 0.15) is 12.2 Å². The van der Waals surface area contributed by atoms with Crippen LogP contribution in [0.15, 0.2) is 0 Å². The molecular weight excluding hydrogens is 140 g/mol. The van der Waals surface area contributed by atoms with Crippen molar-refractivity contribution in [2.75, 3.05) is 0 Å². The van der Waals surface area contributed by atoms with E-state index in [-0.39, 0.29) is 5.79 Å². The van der Waals surface area contributed by atoms with Crippen LogP contribution in [0.4, 0.5) is 0 Å². The predicted octanol–water partition coefficient (Wildman–Crippen LogP) is 2.08. The Labute approximate surface area is 67.9 Å². The normalized spacial score (nSPS) is 46.4. The van der Waals surface area contributed by atoms with E-state index in [0.29, 0.717) is 12.2 Å². The number of epoxide rings is 2. The molecule has 2 unspecified atom stereocenters. The van der Waals surface area contributed by atoms with Crippen LogP contribution < -0.4 is 0 Å². The van der Waals surface area contributed by atoms with Gasteiger partial charge >= 0.3 is 0 Å². The first-order valence-corrected chi connectivity index (χ1v) is 4.69. The molecule has 2 atom stereocenters. The van der Waals surface area contributed by atoms with Crippen molar-refractivity contribution < 1.29 is 9.47 Å². The van der Waals surface area contributed by atoms with Gasteiger partial charge in [0, 0.05) is 0 Å². The van der Waals surface area contributed by atoms with Gasteiger partial charge < -0.3 is 9.47 Å². The molecule has 0 radical (unpaired) electrons. The Balaban J connectivity index is 1.74. The molecule has 0 aromatic heterocycles. The Hall–Kier alpha value is -0.0800.